The van der Waals surface area contributed by atoms with Gasteiger partial charge in [-0.15, -0.1) is 0 Å². The van der Waals surface area contributed by atoms with Gasteiger partial charge in [0, 0.05) is 18.7 Å². The Labute approximate surface area is 102 Å². The van der Waals surface area contributed by atoms with E-state index in [1.807, 2.05) is 0 Å². The molecule has 0 spiro atoms. The highest BCUT2D eigenvalue weighted by Crippen LogP contribution is 1.95. The summed E-state index contributed by atoms with van der Waals surface area (Å²) in [5.74, 6) is -0.722. The van der Waals surface area contributed by atoms with Crippen LogP contribution < -0.4 is 0 Å². The molecule has 0 amide bonds. The van der Waals surface area contributed by atoms with Gasteiger partial charge >= 0.3 is 5.97 Å². The Morgan fingerprint density at radius 3 is 2.47 bits per heavy atom. The summed E-state index contributed by atoms with van der Waals surface area (Å²) in [6.07, 6.45) is 0.598. The molecule has 0 aliphatic carbocycles. The Balaban J connectivity index is 3.62. The topological polar surface area (TPSA) is 83.9 Å². The molecule has 0 aromatic heterocycles. The van der Waals surface area contributed by atoms with Crippen molar-refractivity contribution in [2.75, 3.05) is 32.5 Å². The van der Waals surface area contributed by atoms with Crippen molar-refractivity contribution >= 4 is 16.1 Å². The number of hydrogen-bond donors (Lipinski definition) is 1. The molecule has 0 aromatic carbocycles. The van der Waals surface area contributed by atoms with Crippen molar-refractivity contribution in [2.45, 2.75) is 13.3 Å². The van der Waals surface area contributed by atoms with Gasteiger partial charge in [-0.2, -0.15) is 8.42 Å². The van der Waals surface area contributed by atoms with E-state index in [-0.39, 0.29) is 18.9 Å². The fraction of sp³-hybridized carbons (Fsp3) is 0.700. The van der Waals surface area contributed by atoms with Gasteiger partial charge in [-0.25, -0.2) is 4.79 Å². The minimum atomic E-state index is -3.91. The smallest absolute Gasteiger partial charge is 0.333 e. The summed E-state index contributed by atoms with van der Waals surface area (Å²) >= 11 is 0. The summed E-state index contributed by atoms with van der Waals surface area (Å²) < 4.78 is 34.4. The molecule has 7 heteroatoms. The SMILES string of the molecule is C=C(C)C(=O)OCCCN(C)CCS(=O)(=O)O. The van der Waals surface area contributed by atoms with E-state index >= 15 is 0 Å². The van der Waals surface area contributed by atoms with Crippen LogP contribution in [0.25, 0.3) is 0 Å². The Bertz CT molecular complexity index is 363. The fourth-order valence-corrected chi connectivity index (χ4v) is 1.55. The third-order valence-corrected chi connectivity index (χ3v) is 2.70. The van der Waals surface area contributed by atoms with Crippen molar-refractivity contribution in [2.24, 2.45) is 0 Å². The first-order valence-corrected chi connectivity index (χ1v) is 6.79. The Morgan fingerprint density at radius 1 is 1.41 bits per heavy atom. The number of rotatable bonds is 8. The van der Waals surface area contributed by atoms with Crippen LogP contribution in [0.15, 0.2) is 12.2 Å². The summed E-state index contributed by atoms with van der Waals surface area (Å²) in [5, 5.41) is 0. The molecule has 100 valence electrons. The minimum absolute atomic E-state index is 0.243. The first kappa shape index (κ1) is 16.1. The molecule has 0 rings (SSSR count). The third-order valence-electron chi connectivity index (χ3n) is 2.00. The molecule has 6 nitrogen and oxygen atoms in total. The number of esters is 1. The van der Waals surface area contributed by atoms with Gasteiger partial charge < -0.3 is 9.64 Å². The van der Waals surface area contributed by atoms with Crippen LogP contribution in [0.4, 0.5) is 0 Å². The quantitative estimate of drug-likeness (QED) is 0.294. The molecule has 0 bridgehead atoms. The van der Waals surface area contributed by atoms with Crippen LogP contribution >= 0.6 is 0 Å². The number of hydrogen-bond acceptors (Lipinski definition) is 5. The van der Waals surface area contributed by atoms with Crippen LogP contribution in [0.3, 0.4) is 0 Å². The highest BCUT2D eigenvalue weighted by atomic mass is 32.2. The molecule has 0 aliphatic heterocycles. The standard InChI is InChI=1S/C10H19NO5S/c1-9(2)10(12)16-7-4-5-11(3)6-8-17(13,14)15/h1,4-8H2,2-3H3,(H,13,14,15). The number of carbonyl (C=O) groups excluding carboxylic acids is 1. The first-order chi connectivity index (χ1) is 7.72. The number of nitrogens with zero attached hydrogens (tertiary/aromatic N) is 1. The van der Waals surface area contributed by atoms with Crippen molar-refractivity contribution in [3.63, 3.8) is 0 Å². The van der Waals surface area contributed by atoms with Crippen molar-refractivity contribution in [3.05, 3.63) is 12.2 Å². The minimum Gasteiger partial charge on any atom is -0.462 e. The van der Waals surface area contributed by atoms with E-state index in [0.717, 1.165) is 0 Å². The lowest BCUT2D eigenvalue weighted by Gasteiger charge is -2.15. The zero-order chi connectivity index (χ0) is 13.5. The Kier molecular flexibility index (Phi) is 7.01. The van der Waals surface area contributed by atoms with Crippen LogP contribution in [0, 0.1) is 0 Å². The summed E-state index contributed by atoms with van der Waals surface area (Å²) in [7, 11) is -2.19. The van der Waals surface area contributed by atoms with Gasteiger partial charge in [0.1, 0.15) is 0 Å². The maximum atomic E-state index is 11.0. The second-order valence-corrected chi connectivity index (χ2v) is 5.43. The lowest BCUT2D eigenvalue weighted by atomic mass is 10.3. The molecule has 0 saturated heterocycles. The number of ether oxygens (including phenoxy) is 1. The van der Waals surface area contributed by atoms with Crippen LogP contribution in [0.2, 0.25) is 0 Å². The largest absolute Gasteiger partial charge is 0.462 e. The van der Waals surface area contributed by atoms with E-state index in [1.165, 1.54) is 0 Å². The Hall–Kier alpha value is -0.920. The highest BCUT2D eigenvalue weighted by molar-refractivity contribution is 7.85. The maximum absolute atomic E-state index is 11.0. The van der Waals surface area contributed by atoms with E-state index in [4.69, 9.17) is 9.29 Å². The molecule has 1 N–H and O–H groups in total. The second kappa shape index (κ2) is 7.41. The number of carbonyl (C=O) groups is 1. The van der Waals surface area contributed by atoms with Gasteiger partial charge in [0.25, 0.3) is 10.1 Å². The zero-order valence-electron chi connectivity index (χ0n) is 10.2. The van der Waals surface area contributed by atoms with Gasteiger partial charge in [0.15, 0.2) is 0 Å². The lowest BCUT2D eigenvalue weighted by molar-refractivity contribution is -0.139. The Morgan fingerprint density at radius 2 is 2.00 bits per heavy atom. The van der Waals surface area contributed by atoms with Crippen LogP contribution in [0.1, 0.15) is 13.3 Å². The fourth-order valence-electron chi connectivity index (χ4n) is 1.01. The normalized spacial score (nSPS) is 11.5. The van der Waals surface area contributed by atoms with Crippen LogP contribution in [0.5, 0.6) is 0 Å². The van der Waals surface area contributed by atoms with Crippen LogP contribution in [-0.2, 0) is 19.6 Å². The highest BCUT2D eigenvalue weighted by Gasteiger charge is 2.07. The van der Waals surface area contributed by atoms with Gasteiger partial charge in [-0.3, -0.25) is 4.55 Å². The van der Waals surface area contributed by atoms with Crippen LogP contribution in [-0.4, -0.2) is 56.3 Å². The van der Waals surface area contributed by atoms with Gasteiger partial charge in [0.2, 0.25) is 0 Å². The average Bonchev–Trinajstić information content (AvgIpc) is 2.20. The van der Waals surface area contributed by atoms with E-state index in [0.29, 0.717) is 18.5 Å². The molecule has 0 saturated carbocycles. The van der Waals surface area contributed by atoms with Crippen molar-refractivity contribution in [1.82, 2.24) is 4.90 Å². The van der Waals surface area contributed by atoms with E-state index in [9.17, 15) is 13.2 Å². The summed E-state index contributed by atoms with van der Waals surface area (Å²) in [5.41, 5.74) is 0.352. The zero-order valence-corrected chi connectivity index (χ0v) is 11.0. The second-order valence-electron chi connectivity index (χ2n) is 3.86. The summed E-state index contributed by atoms with van der Waals surface area (Å²) in [6, 6.07) is 0. The third kappa shape index (κ3) is 9.98. The van der Waals surface area contributed by atoms with E-state index in [1.54, 1.807) is 18.9 Å². The molecular weight excluding hydrogens is 246 g/mol. The average molecular weight is 265 g/mol. The lowest BCUT2D eigenvalue weighted by Crippen LogP contribution is -2.27. The van der Waals surface area contributed by atoms with Crippen molar-refractivity contribution in [1.29, 1.82) is 0 Å². The molecule has 0 aromatic rings. The van der Waals surface area contributed by atoms with Gasteiger partial charge in [-0.1, -0.05) is 6.58 Å². The molecule has 0 heterocycles. The predicted molar refractivity (Wildman–Crippen MR) is 64.3 cm³/mol. The van der Waals surface area contributed by atoms with Crippen molar-refractivity contribution < 1.29 is 22.5 Å². The van der Waals surface area contributed by atoms with Crippen molar-refractivity contribution in [3.8, 4) is 0 Å². The molecule has 0 radical (unpaired) electrons. The monoisotopic (exact) mass is 265 g/mol. The van der Waals surface area contributed by atoms with E-state index < -0.39 is 16.1 Å². The van der Waals surface area contributed by atoms with E-state index in [2.05, 4.69) is 6.58 Å². The molecule has 0 fully saturated rings. The molecule has 17 heavy (non-hydrogen) atoms. The predicted octanol–water partition coefficient (Wildman–Crippen LogP) is 0.315. The molecule has 0 atom stereocenters. The molecule has 0 unspecified atom stereocenters. The summed E-state index contributed by atoms with van der Waals surface area (Å²) in [4.78, 5) is 12.7. The first-order valence-electron chi connectivity index (χ1n) is 5.18. The maximum Gasteiger partial charge on any atom is 0.333 e. The molecule has 0 aliphatic rings. The van der Waals surface area contributed by atoms with Gasteiger partial charge in [0.05, 0.1) is 12.4 Å². The summed E-state index contributed by atoms with van der Waals surface area (Å²) in [6.45, 7) is 6.11. The molecular formula is C10H19NO5S. The van der Waals surface area contributed by atoms with Gasteiger partial charge in [-0.05, 0) is 20.4 Å².